The van der Waals surface area contributed by atoms with E-state index in [0.29, 0.717) is 6.04 Å². The Hall–Kier alpha value is -2.10. The molecule has 32 heavy (non-hydrogen) atoms. The second-order valence-electron chi connectivity index (χ2n) is 10.1. The van der Waals surface area contributed by atoms with Gasteiger partial charge in [-0.15, -0.1) is 0 Å². The highest BCUT2D eigenvalue weighted by molar-refractivity contribution is 5.89. The standard InChI is InChI=1S/C29H39N3/c1-22-7-5-6-10-27(22)24-11-12-29-28(19-24)25(13-18-31-26-14-16-30-17-15-26)21-32(29)20-23-8-3-2-4-9-23/h5-7,10-12,19,21,23,26,30-31H,2-4,8-9,13-18,20H2,1H3. The lowest BCUT2D eigenvalue weighted by Gasteiger charge is -2.23. The summed E-state index contributed by atoms with van der Waals surface area (Å²) in [6, 6.07) is 16.6. The van der Waals surface area contributed by atoms with Crippen molar-refractivity contribution in [3.63, 3.8) is 0 Å². The molecule has 2 fully saturated rings. The monoisotopic (exact) mass is 429 g/mol. The van der Waals surface area contributed by atoms with Gasteiger partial charge in [0.25, 0.3) is 0 Å². The molecular formula is C29H39N3. The summed E-state index contributed by atoms with van der Waals surface area (Å²) >= 11 is 0. The molecule has 3 aromatic rings. The van der Waals surface area contributed by atoms with E-state index in [0.717, 1.165) is 32.0 Å². The molecule has 1 aliphatic carbocycles. The first kappa shape index (κ1) is 21.7. The average molecular weight is 430 g/mol. The quantitative estimate of drug-likeness (QED) is 0.476. The minimum absolute atomic E-state index is 0.675. The topological polar surface area (TPSA) is 29.0 Å². The number of benzene rings is 2. The summed E-state index contributed by atoms with van der Waals surface area (Å²) in [4.78, 5) is 0. The molecule has 1 saturated heterocycles. The third kappa shape index (κ3) is 4.94. The van der Waals surface area contributed by atoms with Crippen LogP contribution in [-0.4, -0.2) is 30.2 Å². The lowest BCUT2D eigenvalue weighted by Crippen LogP contribution is -2.40. The molecule has 5 rings (SSSR count). The fraction of sp³-hybridized carbons (Fsp3) is 0.517. The molecule has 0 atom stereocenters. The van der Waals surface area contributed by atoms with Crippen molar-refractivity contribution in [1.82, 2.24) is 15.2 Å². The van der Waals surface area contributed by atoms with Gasteiger partial charge in [0.05, 0.1) is 0 Å². The summed E-state index contributed by atoms with van der Waals surface area (Å²) < 4.78 is 2.58. The van der Waals surface area contributed by atoms with E-state index in [9.17, 15) is 0 Å². The molecule has 3 heteroatoms. The Morgan fingerprint density at radius 1 is 0.969 bits per heavy atom. The summed E-state index contributed by atoms with van der Waals surface area (Å²) in [5, 5.41) is 8.76. The number of piperidine rings is 1. The molecule has 0 amide bonds. The van der Waals surface area contributed by atoms with Gasteiger partial charge in [0.2, 0.25) is 0 Å². The minimum atomic E-state index is 0.675. The highest BCUT2D eigenvalue weighted by atomic mass is 15.0. The fourth-order valence-corrected chi connectivity index (χ4v) is 5.87. The number of hydrogen-bond acceptors (Lipinski definition) is 2. The van der Waals surface area contributed by atoms with Crippen molar-refractivity contribution in [3.8, 4) is 11.1 Å². The normalized spacial score (nSPS) is 18.4. The van der Waals surface area contributed by atoms with E-state index in [1.807, 2.05) is 0 Å². The van der Waals surface area contributed by atoms with Crippen LogP contribution in [0.5, 0.6) is 0 Å². The van der Waals surface area contributed by atoms with Gasteiger partial charge in [-0.3, -0.25) is 0 Å². The fourth-order valence-electron chi connectivity index (χ4n) is 5.87. The Morgan fingerprint density at radius 3 is 2.59 bits per heavy atom. The van der Waals surface area contributed by atoms with Crippen molar-refractivity contribution in [2.45, 2.75) is 70.9 Å². The first-order chi connectivity index (χ1) is 15.8. The largest absolute Gasteiger partial charge is 0.347 e. The van der Waals surface area contributed by atoms with E-state index >= 15 is 0 Å². The molecule has 1 aromatic heterocycles. The molecule has 170 valence electrons. The van der Waals surface area contributed by atoms with Gasteiger partial charge in [-0.1, -0.05) is 49.6 Å². The van der Waals surface area contributed by atoms with Gasteiger partial charge < -0.3 is 15.2 Å². The zero-order valence-corrected chi connectivity index (χ0v) is 19.7. The predicted molar refractivity (Wildman–Crippen MR) is 136 cm³/mol. The number of nitrogens with one attached hydrogen (secondary N) is 2. The molecule has 0 unspecified atom stereocenters. The maximum absolute atomic E-state index is 3.83. The van der Waals surface area contributed by atoms with E-state index in [1.54, 1.807) is 0 Å². The van der Waals surface area contributed by atoms with E-state index in [2.05, 4.69) is 70.8 Å². The van der Waals surface area contributed by atoms with Gasteiger partial charge in [-0.2, -0.15) is 0 Å². The molecule has 3 nitrogen and oxygen atoms in total. The van der Waals surface area contributed by atoms with E-state index < -0.39 is 0 Å². The van der Waals surface area contributed by atoms with E-state index in [1.165, 1.54) is 84.6 Å². The molecule has 2 aliphatic rings. The Kier molecular flexibility index (Phi) is 6.95. The van der Waals surface area contributed by atoms with Crippen LogP contribution in [0.2, 0.25) is 0 Å². The maximum atomic E-state index is 3.83. The highest BCUT2D eigenvalue weighted by Gasteiger charge is 2.18. The van der Waals surface area contributed by atoms with Crippen LogP contribution in [0.25, 0.3) is 22.0 Å². The SMILES string of the molecule is Cc1ccccc1-c1ccc2c(c1)c(CCNC1CCNCC1)cn2CC1CCCCC1. The summed E-state index contributed by atoms with van der Waals surface area (Å²) in [6.07, 6.45) is 13.1. The molecule has 1 aliphatic heterocycles. The number of rotatable bonds is 7. The van der Waals surface area contributed by atoms with Crippen LogP contribution in [0.1, 0.15) is 56.1 Å². The molecule has 1 saturated carbocycles. The Labute approximate surface area is 193 Å². The number of nitrogens with zero attached hydrogens (tertiary/aromatic N) is 1. The average Bonchev–Trinajstić information content (AvgIpc) is 3.17. The number of aromatic nitrogens is 1. The Balaban J connectivity index is 1.42. The van der Waals surface area contributed by atoms with Crippen LogP contribution in [0.15, 0.2) is 48.7 Å². The first-order valence-corrected chi connectivity index (χ1v) is 12.9. The van der Waals surface area contributed by atoms with Crippen molar-refractivity contribution >= 4 is 10.9 Å². The summed E-state index contributed by atoms with van der Waals surface area (Å²) in [5.74, 6) is 0.844. The van der Waals surface area contributed by atoms with Gasteiger partial charge >= 0.3 is 0 Å². The molecule has 0 bridgehead atoms. The van der Waals surface area contributed by atoms with E-state index in [4.69, 9.17) is 0 Å². The predicted octanol–water partition coefficient (Wildman–Crippen LogP) is 6.08. The second-order valence-corrected chi connectivity index (χ2v) is 10.1. The molecule has 2 aromatic carbocycles. The van der Waals surface area contributed by atoms with Gasteiger partial charge in [0.15, 0.2) is 0 Å². The smallest absolute Gasteiger partial charge is 0.0483 e. The molecular weight excluding hydrogens is 390 g/mol. The summed E-state index contributed by atoms with van der Waals surface area (Å²) in [6.45, 7) is 6.78. The van der Waals surface area contributed by atoms with Crippen LogP contribution < -0.4 is 10.6 Å². The zero-order chi connectivity index (χ0) is 21.8. The van der Waals surface area contributed by atoms with Gasteiger partial charge in [0, 0.05) is 29.7 Å². The third-order valence-corrected chi connectivity index (χ3v) is 7.77. The summed E-state index contributed by atoms with van der Waals surface area (Å²) in [5.41, 5.74) is 6.98. The van der Waals surface area contributed by atoms with Crippen molar-refractivity contribution < 1.29 is 0 Å². The van der Waals surface area contributed by atoms with Crippen LogP contribution in [0, 0.1) is 12.8 Å². The van der Waals surface area contributed by atoms with Crippen LogP contribution in [-0.2, 0) is 13.0 Å². The highest BCUT2D eigenvalue weighted by Crippen LogP contribution is 2.32. The number of aryl methyl sites for hydroxylation is 1. The molecule has 0 spiro atoms. The van der Waals surface area contributed by atoms with Gasteiger partial charge in [-0.25, -0.2) is 0 Å². The maximum Gasteiger partial charge on any atom is 0.0483 e. The van der Waals surface area contributed by atoms with Crippen LogP contribution >= 0.6 is 0 Å². The van der Waals surface area contributed by atoms with Gasteiger partial charge in [0.1, 0.15) is 0 Å². The van der Waals surface area contributed by atoms with Crippen molar-refractivity contribution in [3.05, 3.63) is 59.8 Å². The summed E-state index contributed by atoms with van der Waals surface area (Å²) in [7, 11) is 0. The van der Waals surface area contributed by atoms with Crippen molar-refractivity contribution in [2.75, 3.05) is 19.6 Å². The first-order valence-electron chi connectivity index (χ1n) is 12.9. The van der Waals surface area contributed by atoms with E-state index in [-0.39, 0.29) is 0 Å². The van der Waals surface area contributed by atoms with Crippen LogP contribution in [0.3, 0.4) is 0 Å². The van der Waals surface area contributed by atoms with Crippen LogP contribution in [0.4, 0.5) is 0 Å². The molecule has 2 heterocycles. The second kappa shape index (κ2) is 10.2. The van der Waals surface area contributed by atoms with Crippen molar-refractivity contribution in [2.24, 2.45) is 5.92 Å². The third-order valence-electron chi connectivity index (χ3n) is 7.77. The zero-order valence-electron chi connectivity index (χ0n) is 19.7. The number of hydrogen-bond donors (Lipinski definition) is 2. The lowest BCUT2D eigenvalue weighted by molar-refractivity contribution is 0.322. The van der Waals surface area contributed by atoms with Crippen molar-refractivity contribution in [1.29, 1.82) is 0 Å². The molecule has 2 N–H and O–H groups in total. The lowest BCUT2D eigenvalue weighted by atomic mass is 9.89. The Morgan fingerprint density at radius 2 is 1.78 bits per heavy atom. The number of fused-ring (bicyclic) bond motifs is 1. The molecule has 0 radical (unpaired) electrons. The van der Waals surface area contributed by atoms with Gasteiger partial charge in [-0.05, 0) is 99.0 Å². The minimum Gasteiger partial charge on any atom is -0.347 e. The Bertz CT molecular complexity index is 1020.